The first kappa shape index (κ1) is 22.0. The number of ether oxygens (including phenoxy) is 1. The first-order valence-corrected chi connectivity index (χ1v) is 10.2. The van der Waals surface area contributed by atoms with Gasteiger partial charge in [-0.2, -0.15) is 0 Å². The molecule has 1 aromatic heterocycles. The number of nitrogens with zero attached hydrogens (tertiary/aromatic N) is 3. The van der Waals surface area contributed by atoms with Gasteiger partial charge in [-0.15, -0.1) is 5.10 Å². The summed E-state index contributed by atoms with van der Waals surface area (Å²) in [6.07, 6.45) is 5.51. The number of hydrogen-bond acceptors (Lipinski definition) is 5. The van der Waals surface area contributed by atoms with Crippen molar-refractivity contribution >= 4 is 23.6 Å². The standard InChI is InChI=1S/C24H26N4O3/c1-3-18(2)20-9-11-21(12-10-20)25-23(29)17-31-24(30)14-13-22-16-28(27-26-22)15-19-7-5-4-6-8-19/h4-14,16,18H,3,15,17H2,1-2H3,(H,25,29)/b14-13+/t18-/m0/s1. The highest BCUT2D eigenvalue weighted by Gasteiger charge is 2.08. The molecule has 3 aromatic rings. The molecule has 2 aromatic carbocycles. The molecule has 0 radical (unpaired) electrons. The zero-order chi connectivity index (χ0) is 22.1. The highest BCUT2D eigenvalue weighted by molar-refractivity contribution is 5.94. The van der Waals surface area contributed by atoms with Gasteiger partial charge in [0.1, 0.15) is 5.69 Å². The molecule has 0 saturated heterocycles. The summed E-state index contributed by atoms with van der Waals surface area (Å²) in [6.45, 7) is 4.52. The van der Waals surface area contributed by atoms with Crippen molar-refractivity contribution < 1.29 is 14.3 Å². The van der Waals surface area contributed by atoms with Crippen molar-refractivity contribution in [2.45, 2.75) is 32.7 Å². The van der Waals surface area contributed by atoms with Crippen LogP contribution in [0.15, 0.2) is 66.9 Å². The topological polar surface area (TPSA) is 86.1 Å². The van der Waals surface area contributed by atoms with Crippen molar-refractivity contribution in [1.82, 2.24) is 15.0 Å². The lowest BCUT2D eigenvalue weighted by Crippen LogP contribution is -2.20. The van der Waals surface area contributed by atoms with Crippen LogP contribution in [0.2, 0.25) is 0 Å². The molecular formula is C24H26N4O3. The second kappa shape index (κ2) is 10.9. The van der Waals surface area contributed by atoms with E-state index in [0.29, 0.717) is 23.8 Å². The molecule has 7 heteroatoms. The molecule has 1 N–H and O–H groups in total. The summed E-state index contributed by atoms with van der Waals surface area (Å²) in [5, 5.41) is 10.7. The number of carbonyl (C=O) groups excluding carboxylic acids is 2. The minimum atomic E-state index is -0.625. The Bertz CT molecular complexity index is 1030. The third kappa shape index (κ3) is 6.92. The van der Waals surface area contributed by atoms with Crippen LogP contribution in [-0.2, 0) is 20.9 Å². The van der Waals surface area contributed by atoms with Crippen molar-refractivity contribution in [2.24, 2.45) is 0 Å². The number of benzene rings is 2. The van der Waals surface area contributed by atoms with E-state index >= 15 is 0 Å². The molecule has 0 fully saturated rings. The number of carbonyl (C=O) groups is 2. The number of anilines is 1. The van der Waals surface area contributed by atoms with Crippen LogP contribution in [-0.4, -0.2) is 33.5 Å². The molecular weight excluding hydrogens is 392 g/mol. The summed E-state index contributed by atoms with van der Waals surface area (Å²) in [7, 11) is 0. The molecule has 0 aliphatic heterocycles. The highest BCUT2D eigenvalue weighted by atomic mass is 16.5. The summed E-state index contributed by atoms with van der Waals surface area (Å²) >= 11 is 0. The number of esters is 1. The largest absolute Gasteiger partial charge is 0.452 e. The van der Waals surface area contributed by atoms with E-state index in [1.165, 1.54) is 17.7 Å². The van der Waals surface area contributed by atoms with Gasteiger partial charge < -0.3 is 10.1 Å². The molecule has 1 atom stereocenters. The predicted molar refractivity (Wildman–Crippen MR) is 119 cm³/mol. The lowest BCUT2D eigenvalue weighted by atomic mass is 9.99. The van der Waals surface area contributed by atoms with Crippen molar-refractivity contribution in [1.29, 1.82) is 0 Å². The molecule has 0 spiro atoms. The number of aromatic nitrogens is 3. The van der Waals surface area contributed by atoms with Gasteiger partial charge >= 0.3 is 5.97 Å². The highest BCUT2D eigenvalue weighted by Crippen LogP contribution is 2.20. The molecule has 1 heterocycles. The fourth-order valence-corrected chi connectivity index (χ4v) is 2.90. The van der Waals surface area contributed by atoms with E-state index in [9.17, 15) is 9.59 Å². The van der Waals surface area contributed by atoms with Crippen LogP contribution >= 0.6 is 0 Å². The van der Waals surface area contributed by atoms with E-state index in [4.69, 9.17) is 4.74 Å². The van der Waals surface area contributed by atoms with Crippen LogP contribution < -0.4 is 5.32 Å². The Morgan fingerprint density at radius 1 is 1.13 bits per heavy atom. The zero-order valence-electron chi connectivity index (χ0n) is 17.7. The monoisotopic (exact) mass is 418 g/mol. The minimum Gasteiger partial charge on any atom is -0.452 e. The van der Waals surface area contributed by atoms with Gasteiger partial charge in [0.2, 0.25) is 0 Å². The van der Waals surface area contributed by atoms with Crippen LogP contribution in [0.4, 0.5) is 5.69 Å². The van der Waals surface area contributed by atoms with Gasteiger partial charge in [0.15, 0.2) is 6.61 Å². The van der Waals surface area contributed by atoms with Crippen molar-refractivity contribution in [3.8, 4) is 0 Å². The number of amides is 1. The molecule has 0 bridgehead atoms. The third-order valence-corrected chi connectivity index (χ3v) is 4.86. The fourth-order valence-electron chi connectivity index (χ4n) is 2.90. The Hall–Kier alpha value is -3.74. The fraction of sp³-hybridized carbons (Fsp3) is 0.250. The zero-order valence-corrected chi connectivity index (χ0v) is 17.7. The second-order valence-electron chi connectivity index (χ2n) is 7.25. The van der Waals surface area contributed by atoms with Crippen molar-refractivity contribution in [3.63, 3.8) is 0 Å². The summed E-state index contributed by atoms with van der Waals surface area (Å²) in [5.74, 6) is -0.552. The second-order valence-corrected chi connectivity index (χ2v) is 7.25. The summed E-state index contributed by atoms with van der Waals surface area (Å²) < 4.78 is 6.67. The SMILES string of the molecule is CC[C@H](C)c1ccc(NC(=O)COC(=O)/C=C/c2cn(Cc3ccccc3)nn2)cc1. The molecule has 160 valence electrons. The predicted octanol–water partition coefficient (Wildman–Crippen LogP) is 4.04. The van der Waals surface area contributed by atoms with Crippen LogP contribution in [0, 0.1) is 0 Å². The van der Waals surface area contributed by atoms with E-state index in [1.807, 2.05) is 54.6 Å². The van der Waals surface area contributed by atoms with Crippen molar-refractivity contribution in [2.75, 3.05) is 11.9 Å². The number of rotatable bonds is 9. The summed E-state index contributed by atoms with van der Waals surface area (Å²) in [6, 6.07) is 17.5. The average Bonchev–Trinajstić information content (AvgIpc) is 3.24. The third-order valence-electron chi connectivity index (χ3n) is 4.86. The minimum absolute atomic E-state index is 0.364. The van der Waals surface area contributed by atoms with E-state index in [2.05, 4.69) is 29.5 Å². The molecule has 0 unspecified atom stereocenters. The van der Waals surface area contributed by atoms with Gasteiger partial charge in [-0.1, -0.05) is 61.5 Å². The average molecular weight is 418 g/mol. The maximum atomic E-state index is 12.0. The summed E-state index contributed by atoms with van der Waals surface area (Å²) in [5.41, 5.74) is 3.51. The Kier molecular flexibility index (Phi) is 7.70. The van der Waals surface area contributed by atoms with E-state index in [0.717, 1.165) is 12.0 Å². The maximum absolute atomic E-state index is 12.0. The molecule has 1 amide bonds. The van der Waals surface area contributed by atoms with Gasteiger partial charge in [-0.25, -0.2) is 9.48 Å². The van der Waals surface area contributed by atoms with Crippen LogP contribution in [0.3, 0.4) is 0 Å². The molecule has 3 rings (SSSR count). The molecule has 0 saturated carbocycles. The normalized spacial score (nSPS) is 11.9. The molecule has 0 aliphatic carbocycles. The van der Waals surface area contributed by atoms with Gasteiger partial charge in [0.05, 0.1) is 12.7 Å². The van der Waals surface area contributed by atoms with Crippen LogP contribution in [0.5, 0.6) is 0 Å². The van der Waals surface area contributed by atoms with E-state index < -0.39 is 11.9 Å². The summed E-state index contributed by atoms with van der Waals surface area (Å²) in [4.78, 5) is 23.9. The van der Waals surface area contributed by atoms with Crippen molar-refractivity contribution in [3.05, 3.63) is 83.7 Å². The van der Waals surface area contributed by atoms with Crippen LogP contribution in [0.25, 0.3) is 6.08 Å². The smallest absolute Gasteiger partial charge is 0.331 e. The van der Waals surface area contributed by atoms with E-state index in [-0.39, 0.29) is 6.61 Å². The van der Waals surface area contributed by atoms with E-state index in [1.54, 1.807) is 10.9 Å². The van der Waals surface area contributed by atoms with Gasteiger partial charge in [0.25, 0.3) is 5.91 Å². The van der Waals surface area contributed by atoms with Gasteiger partial charge in [0, 0.05) is 11.8 Å². The molecule has 31 heavy (non-hydrogen) atoms. The lowest BCUT2D eigenvalue weighted by Gasteiger charge is -2.10. The lowest BCUT2D eigenvalue weighted by molar-refractivity contribution is -0.142. The van der Waals surface area contributed by atoms with Gasteiger partial charge in [-0.05, 0) is 41.7 Å². The van der Waals surface area contributed by atoms with Crippen LogP contribution in [0.1, 0.15) is 43.0 Å². The number of nitrogens with one attached hydrogen (secondary N) is 1. The Labute approximate surface area is 181 Å². The van der Waals surface area contributed by atoms with Gasteiger partial charge in [-0.3, -0.25) is 4.79 Å². The Morgan fingerprint density at radius 3 is 2.58 bits per heavy atom. The number of hydrogen-bond donors (Lipinski definition) is 1. The Balaban J connectivity index is 1.43. The first-order chi connectivity index (χ1) is 15.0. The first-order valence-electron chi connectivity index (χ1n) is 10.2. The maximum Gasteiger partial charge on any atom is 0.331 e. The quantitative estimate of drug-likeness (QED) is 0.419. The molecule has 0 aliphatic rings. The Morgan fingerprint density at radius 2 is 1.87 bits per heavy atom. The molecule has 7 nitrogen and oxygen atoms in total.